The fourth-order valence-electron chi connectivity index (χ4n) is 7.88. The zero-order valence-electron chi connectivity index (χ0n) is 77.2. The summed E-state index contributed by atoms with van der Waals surface area (Å²) in [5.41, 5.74) is 0.425. The van der Waals surface area contributed by atoms with Crippen molar-refractivity contribution in [1.82, 2.24) is 10.6 Å². The van der Waals surface area contributed by atoms with E-state index in [0.717, 1.165) is 63.1 Å². The molecule has 3 N–H and O–H groups in total. The first-order valence-electron chi connectivity index (χ1n) is 41.6. The van der Waals surface area contributed by atoms with Gasteiger partial charge >= 0.3 is 65.8 Å². The van der Waals surface area contributed by atoms with E-state index in [4.69, 9.17) is 73.2 Å². The summed E-state index contributed by atoms with van der Waals surface area (Å²) in [5, 5.41) is 42.5. The monoisotopic (exact) mass is 1740 g/mol. The van der Waals surface area contributed by atoms with Crippen LogP contribution in [0.2, 0.25) is 0 Å². The van der Waals surface area contributed by atoms with Crippen LogP contribution in [-0.2, 0) is 110 Å². The van der Waals surface area contributed by atoms with Gasteiger partial charge in [-0.1, -0.05) is 142 Å². The summed E-state index contributed by atoms with van der Waals surface area (Å²) < 4.78 is 59.0. The van der Waals surface area contributed by atoms with Crippen LogP contribution in [0.4, 0.5) is 10.5 Å². The quantitative estimate of drug-likeness (QED) is 0.0183. The van der Waals surface area contributed by atoms with Gasteiger partial charge in [-0.05, 0) is 142 Å². The average molecular weight is 1740 g/mol. The number of esters is 10. The fraction of sp³-hybridized carbons (Fsp3) is 0.598. The number of benzene rings is 2. The van der Waals surface area contributed by atoms with Gasteiger partial charge in [-0.25, -0.2) is 28.8 Å². The van der Waals surface area contributed by atoms with Crippen LogP contribution in [0.5, 0.6) is 5.75 Å². The molecule has 1 saturated carbocycles. The first-order chi connectivity index (χ1) is 58.4. The maximum atomic E-state index is 11.6. The molecule has 0 aromatic heterocycles. The summed E-state index contributed by atoms with van der Waals surface area (Å²) in [6.45, 7) is 50.8. The number of alkyl carbamates (subject to hydrolysis) is 1. The Morgan fingerprint density at radius 2 is 0.895 bits per heavy atom. The molecule has 7 atom stereocenters. The normalized spacial score (nSPS) is 12.9. The van der Waals surface area contributed by atoms with Gasteiger partial charge < -0.3 is 72.8 Å². The number of nitrogens with one attached hydrogen (secondary N) is 3. The molecule has 0 saturated heterocycles. The largest absolute Gasteiger partial charge is 0.462 e. The smallest absolute Gasteiger partial charge is 0.407 e. The molecular weight excluding hydrogens is 1600 g/mol. The van der Waals surface area contributed by atoms with E-state index in [-0.39, 0.29) is 143 Å². The number of carbonyl (C=O) groups excluding carboxylic acids is 13. The van der Waals surface area contributed by atoms with Crippen molar-refractivity contribution in [2.75, 3.05) is 85.0 Å². The van der Waals surface area contributed by atoms with Gasteiger partial charge in [-0.3, -0.25) is 33.6 Å². The second-order valence-electron chi connectivity index (χ2n) is 29.2. The van der Waals surface area contributed by atoms with Crippen molar-refractivity contribution in [2.24, 2.45) is 40.9 Å². The van der Waals surface area contributed by atoms with Gasteiger partial charge in [-0.15, -0.1) is 0 Å². The van der Waals surface area contributed by atoms with Crippen molar-refractivity contribution in [3.8, 4) is 30.0 Å². The van der Waals surface area contributed by atoms with E-state index in [1.54, 1.807) is 90.1 Å². The number of ether oxygens (including phenoxy) is 12. The Morgan fingerprint density at radius 1 is 0.476 bits per heavy atom. The second-order valence-corrected chi connectivity index (χ2v) is 29.2. The van der Waals surface area contributed by atoms with Crippen molar-refractivity contribution in [2.45, 2.75) is 240 Å². The predicted octanol–water partition coefficient (Wildman–Crippen LogP) is 15.2. The molecular formula is C92H139N7O25. The Kier molecular flexibility index (Phi) is 69.9. The lowest BCUT2D eigenvalue weighted by atomic mass is 9.85. The first-order valence-corrected chi connectivity index (χ1v) is 41.6. The minimum Gasteiger partial charge on any atom is -0.462 e. The molecule has 124 heavy (non-hydrogen) atoms. The number of rotatable bonds is 41. The third-order valence-electron chi connectivity index (χ3n) is 18.4. The molecule has 0 radical (unpaired) electrons. The van der Waals surface area contributed by atoms with E-state index in [1.807, 2.05) is 108 Å². The molecule has 692 valence electrons. The Labute approximate surface area is 735 Å². The van der Waals surface area contributed by atoms with Gasteiger partial charge in [0.15, 0.2) is 11.2 Å². The molecule has 0 spiro atoms. The number of para-hydroxylation sites is 1. The average Bonchev–Trinajstić information content (AvgIpc) is 0.841. The summed E-state index contributed by atoms with van der Waals surface area (Å²) >= 11 is 0. The standard InChI is InChI=1S/C14H23NO6.C12H14N2O.C12H13NO2.C12H19NO2.C12H20O4.C11H18O5.C11H18O4.C8H14N2O/c1-5-11(4)13(17)20-8-9-21-14(18)15-6-7-19-12(16)10(2)3;1-3-9(2)12(15)14-11-6-4-10(8-13)5-7-11;1-3-9(2)12(14)15-11-7-5-4-6-10(11)8-13;1-3-10(2)11(14)15-12(9-13)7-5-4-6-8-12;1-6-12(4,5)11(14)16-8-7-15-10(13)9(2)3;1-5-9(12)15-7-8-16-10(13)11(3,6-2)14-4;1-5-9(4)11(13)15-7-6-14-10(12)8(2)3;1-3-7(2)8(11)10-6-4-5-9/h11H,2,5-9H2,1,3-4H3,(H,15,18);4-7,9H,3H2,1-2H3,(H,14,15);4-7,9H,3H2,1-2H3;10H,3-8H2,1-2H3;2,6-8H2,1,3-5H3;5H,1,6-8H2,2-4H3;9H,2,5-7H2,1,3-4H3;7H,3-4,6H2,1-2H3,(H,10,11). The Hall–Kier alpha value is -11.8. The van der Waals surface area contributed by atoms with E-state index in [9.17, 15) is 62.3 Å². The molecule has 0 bridgehead atoms. The van der Waals surface area contributed by atoms with Crippen LogP contribution in [0.1, 0.15) is 239 Å². The van der Waals surface area contributed by atoms with Gasteiger partial charge in [0, 0.05) is 66.8 Å². The zero-order chi connectivity index (χ0) is 96.0. The van der Waals surface area contributed by atoms with Crippen LogP contribution in [0.15, 0.2) is 97.6 Å². The number of nitriles is 4. The van der Waals surface area contributed by atoms with Gasteiger partial charge in [0.25, 0.3) is 0 Å². The topological polar surface area (TPSA) is 464 Å². The number of methoxy groups -OCH3 is 1. The third kappa shape index (κ3) is 58.3. The Morgan fingerprint density at radius 3 is 1.31 bits per heavy atom. The van der Waals surface area contributed by atoms with Crippen LogP contribution in [0.3, 0.4) is 0 Å². The molecule has 2 aromatic rings. The Balaban J connectivity index is -0.000000437. The molecule has 7 unspecified atom stereocenters. The lowest BCUT2D eigenvalue weighted by molar-refractivity contribution is -0.170. The highest BCUT2D eigenvalue weighted by Gasteiger charge is 2.37. The zero-order valence-corrected chi connectivity index (χ0v) is 77.2. The molecule has 1 aliphatic carbocycles. The van der Waals surface area contributed by atoms with Crippen molar-refractivity contribution in [1.29, 1.82) is 21.0 Å². The molecule has 0 heterocycles. The van der Waals surface area contributed by atoms with E-state index in [1.165, 1.54) is 14.0 Å². The molecule has 3 amide bonds. The van der Waals surface area contributed by atoms with Gasteiger partial charge in [0.2, 0.25) is 11.8 Å². The highest BCUT2D eigenvalue weighted by Crippen LogP contribution is 2.32. The van der Waals surface area contributed by atoms with Crippen molar-refractivity contribution < 1.29 is 119 Å². The van der Waals surface area contributed by atoms with E-state index in [2.05, 4.69) is 53.1 Å². The van der Waals surface area contributed by atoms with Crippen LogP contribution in [-0.4, -0.2) is 168 Å². The number of nitrogens with zero attached hydrogens (tertiary/aromatic N) is 4. The number of hydrogen-bond donors (Lipinski definition) is 3. The number of hydrogen-bond acceptors (Lipinski definition) is 29. The van der Waals surface area contributed by atoms with Crippen LogP contribution in [0, 0.1) is 86.2 Å². The van der Waals surface area contributed by atoms with E-state index in [0.29, 0.717) is 78.7 Å². The summed E-state index contributed by atoms with van der Waals surface area (Å²) in [6, 6.07) is 21.7. The predicted molar refractivity (Wildman–Crippen MR) is 466 cm³/mol. The number of amides is 3. The molecule has 3 rings (SSSR count). The SMILES string of the molecule is C=C(C)C(=O)OCCNC(=O)OCCOC(=O)C(C)CC.C=C(C)C(=O)OCCOC(=O)C(C)(C)CC.C=C(C)C(=O)OCCOC(=O)C(C)CC.C=CC(=O)OCCOC(=O)C(C)(CC)OC.CCC(C)C(=O)NCCC#N.CCC(C)C(=O)Nc1ccc(C#N)cc1.CCC(C)C(=O)OC1(C#N)CCCCC1.CCC(C)C(=O)Oc1ccccc1C#N. The van der Waals surface area contributed by atoms with E-state index < -0.39 is 52.6 Å². The maximum Gasteiger partial charge on any atom is 0.407 e. The summed E-state index contributed by atoms with van der Waals surface area (Å²) in [4.78, 5) is 146. The van der Waals surface area contributed by atoms with Gasteiger partial charge in [0.05, 0.1) is 65.3 Å². The minimum absolute atomic E-state index is 0.0113. The van der Waals surface area contributed by atoms with Gasteiger partial charge in [-0.2, -0.15) is 21.0 Å². The lowest BCUT2D eigenvalue weighted by Gasteiger charge is -2.31. The van der Waals surface area contributed by atoms with Crippen LogP contribution >= 0.6 is 0 Å². The maximum absolute atomic E-state index is 11.6. The summed E-state index contributed by atoms with van der Waals surface area (Å²) in [5.74, 6) is -3.85. The van der Waals surface area contributed by atoms with Crippen LogP contribution in [0.25, 0.3) is 0 Å². The van der Waals surface area contributed by atoms with Crippen molar-refractivity contribution in [3.63, 3.8) is 0 Å². The lowest BCUT2D eigenvalue weighted by Crippen LogP contribution is -2.38. The number of anilines is 1. The van der Waals surface area contributed by atoms with Gasteiger partial charge in [0.1, 0.15) is 77.3 Å². The molecule has 2 aromatic carbocycles. The molecule has 32 heteroatoms. The first kappa shape index (κ1) is 121. The van der Waals surface area contributed by atoms with Crippen LogP contribution < -0.4 is 20.7 Å². The third-order valence-corrected chi connectivity index (χ3v) is 18.4. The highest BCUT2D eigenvalue weighted by molar-refractivity contribution is 5.92. The van der Waals surface area contributed by atoms with Crippen molar-refractivity contribution >= 4 is 83.3 Å². The summed E-state index contributed by atoms with van der Waals surface area (Å²) in [6.07, 6.45) is 11.1. The summed E-state index contributed by atoms with van der Waals surface area (Å²) in [7, 11) is 1.45. The Bertz CT molecular complexity index is 3800. The molecule has 1 fully saturated rings. The molecule has 1 aliphatic rings. The minimum atomic E-state index is -0.942. The van der Waals surface area contributed by atoms with Crippen molar-refractivity contribution in [3.05, 3.63) is 109 Å². The highest BCUT2D eigenvalue weighted by atomic mass is 16.6. The molecule has 32 nitrogen and oxygen atoms in total. The fourth-order valence-corrected chi connectivity index (χ4v) is 7.88. The second kappa shape index (κ2) is 71.8. The number of carbonyl (C=O) groups is 13. The molecule has 0 aliphatic heterocycles. The van der Waals surface area contributed by atoms with E-state index >= 15 is 0 Å².